The number of halogens is 3. The van der Waals surface area contributed by atoms with Gasteiger partial charge in [0, 0.05) is 22.0 Å². The van der Waals surface area contributed by atoms with Crippen molar-refractivity contribution in [3.05, 3.63) is 81.8 Å². The maximum atomic E-state index is 15.3. The van der Waals surface area contributed by atoms with Crippen LogP contribution < -0.4 is 20.7 Å². The number of benzene rings is 3. The standard InChI is InChI=1S/C24H20BrF2N5O3/c1-2-35-21-18(29-24(34)28-12-13-5-3-8-16(26)9-13)11-17-20(19(21)27)31-32-22(17)30-23(33)14-6-4-7-15(25)10-14/h3-11H,2,12H2,1H3,(H2,28,29,34)(H2,30,31,32,33). The minimum Gasteiger partial charge on any atom is -0.489 e. The molecule has 0 aliphatic rings. The highest BCUT2D eigenvalue weighted by Gasteiger charge is 2.22. The van der Waals surface area contributed by atoms with Gasteiger partial charge in [-0.05, 0) is 48.9 Å². The molecule has 0 radical (unpaired) electrons. The van der Waals surface area contributed by atoms with E-state index in [-0.39, 0.29) is 41.3 Å². The topological polar surface area (TPSA) is 108 Å². The lowest BCUT2D eigenvalue weighted by Crippen LogP contribution is -2.28. The summed E-state index contributed by atoms with van der Waals surface area (Å²) in [6, 6.07) is 13.3. The summed E-state index contributed by atoms with van der Waals surface area (Å²) in [5, 5.41) is 14.6. The number of nitrogens with one attached hydrogen (secondary N) is 4. The Hall–Kier alpha value is -3.99. The Balaban J connectivity index is 1.60. The molecule has 0 spiro atoms. The maximum Gasteiger partial charge on any atom is 0.319 e. The Bertz CT molecular complexity index is 1410. The molecule has 4 N–H and O–H groups in total. The lowest BCUT2D eigenvalue weighted by Gasteiger charge is -2.14. The SMILES string of the molecule is CCOc1c(NC(=O)NCc2cccc(F)c2)cc2c(NC(=O)c3cccc(Br)c3)n[nH]c2c1F. The molecule has 0 saturated carbocycles. The van der Waals surface area contributed by atoms with Crippen LogP contribution in [-0.2, 0) is 6.54 Å². The van der Waals surface area contributed by atoms with Crippen LogP contribution in [0.25, 0.3) is 10.9 Å². The molecule has 1 aromatic heterocycles. The summed E-state index contributed by atoms with van der Waals surface area (Å²) in [4.78, 5) is 25.2. The molecule has 35 heavy (non-hydrogen) atoms. The first-order chi connectivity index (χ1) is 16.9. The molecule has 0 aliphatic carbocycles. The van der Waals surface area contributed by atoms with Crippen LogP contribution >= 0.6 is 15.9 Å². The fraction of sp³-hybridized carbons (Fsp3) is 0.125. The van der Waals surface area contributed by atoms with Gasteiger partial charge < -0.3 is 20.7 Å². The van der Waals surface area contributed by atoms with Crippen molar-refractivity contribution >= 4 is 50.3 Å². The van der Waals surface area contributed by atoms with E-state index in [1.807, 2.05) is 0 Å². The zero-order valence-corrected chi connectivity index (χ0v) is 20.0. The number of carbonyl (C=O) groups excluding carboxylic acids is 2. The molecular weight excluding hydrogens is 524 g/mol. The molecule has 0 fully saturated rings. The largest absolute Gasteiger partial charge is 0.489 e. The van der Waals surface area contributed by atoms with Gasteiger partial charge in [0.25, 0.3) is 5.91 Å². The third-order valence-electron chi connectivity index (χ3n) is 4.95. The van der Waals surface area contributed by atoms with Gasteiger partial charge in [0.15, 0.2) is 17.4 Å². The van der Waals surface area contributed by atoms with E-state index in [0.717, 1.165) is 4.47 Å². The Kier molecular flexibility index (Phi) is 7.25. The monoisotopic (exact) mass is 543 g/mol. The van der Waals surface area contributed by atoms with E-state index in [0.29, 0.717) is 11.1 Å². The van der Waals surface area contributed by atoms with Gasteiger partial charge in [-0.2, -0.15) is 5.10 Å². The molecule has 4 rings (SSSR count). The number of ether oxygens (including phenoxy) is 1. The summed E-state index contributed by atoms with van der Waals surface area (Å²) in [5.41, 5.74) is 0.966. The van der Waals surface area contributed by atoms with E-state index in [4.69, 9.17) is 4.74 Å². The molecule has 0 bridgehead atoms. The molecule has 180 valence electrons. The molecular formula is C24H20BrF2N5O3. The Morgan fingerprint density at radius 2 is 1.89 bits per heavy atom. The van der Waals surface area contributed by atoms with Gasteiger partial charge in [-0.25, -0.2) is 13.6 Å². The molecule has 0 atom stereocenters. The minimum absolute atomic E-state index is 0.00344. The second-order valence-corrected chi connectivity index (χ2v) is 8.31. The molecule has 0 unspecified atom stereocenters. The number of aromatic amines is 1. The molecule has 1 heterocycles. The molecule has 8 nitrogen and oxygen atoms in total. The van der Waals surface area contributed by atoms with Crippen LogP contribution in [0.2, 0.25) is 0 Å². The maximum absolute atomic E-state index is 15.3. The number of carbonyl (C=O) groups is 2. The number of rotatable bonds is 7. The van der Waals surface area contributed by atoms with E-state index in [9.17, 15) is 14.0 Å². The van der Waals surface area contributed by atoms with Crippen LogP contribution in [0.4, 0.5) is 25.1 Å². The van der Waals surface area contributed by atoms with Gasteiger partial charge in [-0.15, -0.1) is 0 Å². The van der Waals surface area contributed by atoms with E-state index in [1.54, 1.807) is 37.3 Å². The molecule has 4 aromatic rings. The summed E-state index contributed by atoms with van der Waals surface area (Å²) in [5.74, 6) is -1.76. The zero-order chi connectivity index (χ0) is 24.9. The second kappa shape index (κ2) is 10.5. The lowest BCUT2D eigenvalue weighted by atomic mass is 10.1. The summed E-state index contributed by atoms with van der Waals surface area (Å²) < 4.78 is 34.8. The van der Waals surface area contributed by atoms with E-state index in [1.165, 1.54) is 24.3 Å². The Morgan fingerprint density at radius 1 is 1.09 bits per heavy atom. The van der Waals surface area contributed by atoms with Gasteiger partial charge in [0.2, 0.25) is 0 Å². The number of aromatic nitrogens is 2. The predicted octanol–water partition coefficient (Wildman–Crippen LogP) is 5.58. The fourth-order valence-corrected chi connectivity index (χ4v) is 3.78. The highest BCUT2D eigenvalue weighted by molar-refractivity contribution is 9.10. The van der Waals surface area contributed by atoms with Crippen molar-refractivity contribution in [1.29, 1.82) is 0 Å². The zero-order valence-electron chi connectivity index (χ0n) is 18.4. The van der Waals surface area contributed by atoms with Crippen molar-refractivity contribution in [1.82, 2.24) is 15.5 Å². The number of H-pyrrole nitrogens is 1. The Labute approximate surface area is 207 Å². The van der Waals surface area contributed by atoms with Gasteiger partial charge in [0.1, 0.15) is 11.3 Å². The van der Waals surface area contributed by atoms with Crippen molar-refractivity contribution in [2.24, 2.45) is 0 Å². The first-order valence-electron chi connectivity index (χ1n) is 10.5. The minimum atomic E-state index is -0.778. The molecule has 3 aromatic carbocycles. The third-order valence-corrected chi connectivity index (χ3v) is 5.45. The normalized spacial score (nSPS) is 10.7. The highest BCUT2D eigenvalue weighted by Crippen LogP contribution is 2.36. The molecule has 3 amide bonds. The average molecular weight is 544 g/mol. The van der Waals surface area contributed by atoms with Gasteiger partial charge in [0.05, 0.1) is 12.3 Å². The van der Waals surface area contributed by atoms with Crippen molar-refractivity contribution in [3.63, 3.8) is 0 Å². The van der Waals surface area contributed by atoms with Crippen molar-refractivity contribution < 1.29 is 23.1 Å². The highest BCUT2D eigenvalue weighted by atomic mass is 79.9. The number of fused-ring (bicyclic) bond motifs is 1. The number of amides is 3. The second-order valence-electron chi connectivity index (χ2n) is 7.40. The van der Waals surface area contributed by atoms with E-state index >= 15 is 4.39 Å². The quantitative estimate of drug-likeness (QED) is 0.244. The van der Waals surface area contributed by atoms with E-state index < -0.39 is 23.6 Å². The molecule has 0 aliphatic heterocycles. The van der Waals surface area contributed by atoms with Crippen LogP contribution in [0.3, 0.4) is 0 Å². The predicted molar refractivity (Wildman–Crippen MR) is 132 cm³/mol. The smallest absolute Gasteiger partial charge is 0.319 e. The van der Waals surface area contributed by atoms with Crippen molar-refractivity contribution in [2.75, 3.05) is 17.2 Å². The fourth-order valence-electron chi connectivity index (χ4n) is 3.38. The van der Waals surface area contributed by atoms with Crippen LogP contribution in [0.15, 0.2) is 59.1 Å². The van der Waals surface area contributed by atoms with Gasteiger partial charge in [-0.1, -0.05) is 34.1 Å². The molecule has 11 heteroatoms. The molecule has 0 saturated heterocycles. The van der Waals surface area contributed by atoms with Gasteiger partial charge >= 0.3 is 6.03 Å². The number of nitrogens with zero attached hydrogens (tertiary/aromatic N) is 1. The first-order valence-corrected chi connectivity index (χ1v) is 11.3. The van der Waals surface area contributed by atoms with Crippen LogP contribution in [0.5, 0.6) is 5.75 Å². The Morgan fingerprint density at radius 3 is 2.63 bits per heavy atom. The number of hydrogen-bond donors (Lipinski definition) is 4. The lowest BCUT2D eigenvalue weighted by molar-refractivity contribution is 0.102. The summed E-state index contributed by atoms with van der Waals surface area (Å²) >= 11 is 3.31. The van der Waals surface area contributed by atoms with Crippen LogP contribution in [-0.4, -0.2) is 28.7 Å². The third kappa shape index (κ3) is 5.57. The van der Waals surface area contributed by atoms with Crippen molar-refractivity contribution in [3.8, 4) is 5.75 Å². The summed E-state index contributed by atoms with van der Waals surface area (Å²) in [7, 11) is 0. The summed E-state index contributed by atoms with van der Waals surface area (Å²) in [6.45, 7) is 1.87. The number of urea groups is 1. The first kappa shape index (κ1) is 24.1. The van der Waals surface area contributed by atoms with Gasteiger partial charge in [-0.3, -0.25) is 9.89 Å². The van der Waals surface area contributed by atoms with E-state index in [2.05, 4.69) is 42.1 Å². The summed E-state index contributed by atoms with van der Waals surface area (Å²) in [6.07, 6.45) is 0. The van der Waals surface area contributed by atoms with Crippen molar-refractivity contribution in [2.45, 2.75) is 13.5 Å². The van der Waals surface area contributed by atoms with Crippen LogP contribution in [0, 0.1) is 11.6 Å². The number of hydrogen-bond acceptors (Lipinski definition) is 4. The number of anilines is 2. The van der Waals surface area contributed by atoms with Crippen LogP contribution in [0.1, 0.15) is 22.8 Å². The average Bonchev–Trinajstić information content (AvgIpc) is 3.23.